The summed E-state index contributed by atoms with van der Waals surface area (Å²) in [6.45, 7) is 7.34. The van der Waals surface area contributed by atoms with E-state index >= 15 is 0 Å². The number of hydrogen-bond acceptors (Lipinski definition) is 5. The minimum atomic E-state index is -0.262. The van der Waals surface area contributed by atoms with E-state index in [1.165, 1.54) is 0 Å². The highest BCUT2D eigenvalue weighted by Crippen LogP contribution is 2.28. The second kappa shape index (κ2) is 11.8. The maximum absolute atomic E-state index is 12.9. The maximum atomic E-state index is 12.9. The van der Waals surface area contributed by atoms with Gasteiger partial charge in [0, 0.05) is 11.1 Å². The van der Waals surface area contributed by atoms with E-state index in [2.05, 4.69) is 29.4 Å². The van der Waals surface area contributed by atoms with Crippen molar-refractivity contribution in [2.24, 2.45) is 5.10 Å². The molecule has 0 radical (unpaired) electrons. The van der Waals surface area contributed by atoms with Crippen molar-refractivity contribution in [2.45, 2.75) is 46.5 Å². The number of carbonyl (C=O) groups is 1. The summed E-state index contributed by atoms with van der Waals surface area (Å²) in [6, 6.07) is 15.1. The van der Waals surface area contributed by atoms with Crippen LogP contribution in [0.1, 0.15) is 61.6 Å². The summed E-state index contributed by atoms with van der Waals surface area (Å²) in [7, 11) is 0. The molecule has 6 nitrogen and oxygen atoms in total. The van der Waals surface area contributed by atoms with Gasteiger partial charge in [-0.25, -0.2) is 5.43 Å². The third-order valence-electron chi connectivity index (χ3n) is 4.92. The summed E-state index contributed by atoms with van der Waals surface area (Å²) in [6.07, 6.45) is 5.45. The van der Waals surface area contributed by atoms with Crippen LogP contribution in [0.3, 0.4) is 0 Å². The Morgan fingerprint density at radius 2 is 1.88 bits per heavy atom. The number of benzene rings is 2. The predicted octanol–water partition coefficient (Wildman–Crippen LogP) is 5.53. The Balaban J connectivity index is 1.76. The molecule has 1 N–H and O–H groups in total. The second-order valence-electron chi connectivity index (χ2n) is 7.47. The minimum absolute atomic E-state index is 0.262. The first-order chi connectivity index (χ1) is 15.7. The van der Waals surface area contributed by atoms with Gasteiger partial charge in [0.1, 0.15) is 0 Å². The molecule has 2 aromatic carbocycles. The molecule has 1 amide bonds. The summed E-state index contributed by atoms with van der Waals surface area (Å²) in [5.41, 5.74) is 5.75. The number of aromatic nitrogens is 1. The fraction of sp³-hybridized carbons (Fsp3) is 0.346. The first-order valence-corrected chi connectivity index (χ1v) is 11.3. The number of ether oxygens (including phenoxy) is 2. The van der Waals surface area contributed by atoms with Gasteiger partial charge in [0.15, 0.2) is 11.5 Å². The van der Waals surface area contributed by atoms with Crippen molar-refractivity contribution in [3.05, 3.63) is 65.4 Å². The number of pyridine rings is 1. The molecule has 0 saturated carbocycles. The van der Waals surface area contributed by atoms with Crippen LogP contribution in [-0.4, -0.2) is 30.3 Å². The van der Waals surface area contributed by atoms with E-state index in [-0.39, 0.29) is 5.91 Å². The molecule has 1 heterocycles. The largest absolute Gasteiger partial charge is 0.490 e. The normalized spacial score (nSPS) is 11.1. The lowest BCUT2D eigenvalue weighted by atomic mass is 10.1. The Kier molecular flexibility index (Phi) is 8.61. The van der Waals surface area contributed by atoms with Crippen LogP contribution in [0, 0.1) is 0 Å². The number of amides is 1. The van der Waals surface area contributed by atoms with Gasteiger partial charge in [-0.1, -0.05) is 44.9 Å². The van der Waals surface area contributed by atoms with Gasteiger partial charge in [-0.3, -0.25) is 9.78 Å². The third kappa shape index (κ3) is 6.06. The number of nitrogens with zero attached hydrogens (tertiary/aromatic N) is 2. The van der Waals surface area contributed by atoms with Crippen molar-refractivity contribution in [3.8, 4) is 11.5 Å². The van der Waals surface area contributed by atoms with Crippen molar-refractivity contribution in [1.82, 2.24) is 10.4 Å². The molecule has 3 aromatic rings. The highest BCUT2D eigenvalue weighted by atomic mass is 16.5. The van der Waals surface area contributed by atoms with Gasteiger partial charge in [-0.15, -0.1) is 0 Å². The Labute approximate surface area is 189 Å². The molecule has 0 saturated heterocycles. The summed E-state index contributed by atoms with van der Waals surface area (Å²) in [5.74, 6) is 1.12. The van der Waals surface area contributed by atoms with Gasteiger partial charge in [0.05, 0.1) is 30.5 Å². The molecule has 0 aliphatic carbocycles. The average Bonchev–Trinajstić information content (AvgIpc) is 2.80. The second-order valence-corrected chi connectivity index (χ2v) is 7.47. The fourth-order valence-corrected chi connectivity index (χ4v) is 3.35. The van der Waals surface area contributed by atoms with Crippen molar-refractivity contribution in [2.75, 3.05) is 13.2 Å². The van der Waals surface area contributed by atoms with Crippen molar-refractivity contribution < 1.29 is 14.3 Å². The van der Waals surface area contributed by atoms with Gasteiger partial charge in [0.2, 0.25) is 0 Å². The molecule has 0 bridgehead atoms. The number of hydrazone groups is 1. The van der Waals surface area contributed by atoms with E-state index in [1.54, 1.807) is 6.21 Å². The van der Waals surface area contributed by atoms with Crippen LogP contribution in [0.4, 0.5) is 0 Å². The van der Waals surface area contributed by atoms with Gasteiger partial charge >= 0.3 is 0 Å². The molecule has 1 aromatic heterocycles. The van der Waals surface area contributed by atoms with Crippen LogP contribution < -0.4 is 14.9 Å². The van der Waals surface area contributed by atoms with E-state index < -0.39 is 0 Å². The van der Waals surface area contributed by atoms with Gasteiger partial charge < -0.3 is 9.47 Å². The maximum Gasteiger partial charge on any atom is 0.272 e. The van der Waals surface area contributed by atoms with Crippen molar-refractivity contribution >= 4 is 23.0 Å². The molecule has 0 aliphatic rings. The SMILES string of the molecule is CCCCOc1ccc(/C=N/NC(=O)c2cc(CCC)nc3ccccc23)cc1OCC. The third-order valence-corrected chi connectivity index (χ3v) is 4.92. The molecule has 3 rings (SSSR count). The molecule has 168 valence electrons. The zero-order valence-electron chi connectivity index (χ0n) is 19.1. The molecule has 0 aliphatic heterocycles. The lowest BCUT2D eigenvalue weighted by Crippen LogP contribution is -2.18. The van der Waals surface area contributed by atoms with Gasteiger partial charge in [-0.2, -0.15) is 5.10 Å². The average molecular weight is 434 g/mol. The zero-order chi connectivity index (χ0) is 22.8. The summed E-state index contributed by atoms with van der Waals surface area (Å²) in [5, 5.41) is 4.98. The first-order valence-electron chi connectivity index (χ1n) is 11.3. The van der Waals surface area contributed by atoms with Crippen LogP contribution in [0.2, 0.25) is 0 Å². The van der Waals surface area contributed by atoms with E-state index in [1.807, 2.05) is 55.5 Å². The fourth-order valence-electron chi connectivity index (χ4n) is 3.35. The van der Waals surface area contributed by atoms with Crippen LogP contribution in [0.15, 0.2) is 53.6 Å². The highest BCUT2D eigenvalue weighted by Gasteiger charge is 2.12. The first kappa shape index (κ1) is 23.3. The number of rotatable bonds is 11. The van der Waals surface area contributed by atoms with E-state index in [4.69, 9.17) is 9.47 Å². The Bertz CT molecular complexity index is 1080. The number of unbranched alkanes of at least 4 members (excludes halogenated alkanes) is 1. The van der Waals surface area contributed by atoms with Crippen LogP contribution in [-0.2, 0) is 6.42 Å². The van der Waals surface area contributed by atoms with Crippen LogP contribution in [0.5, 0.6) is 11.5 Å². The number of hydrogen-bond donors (Lipinski definition) is 1. The van der Waals surface area contributed by atoms with Gasteiger partial charge in [-0.05, 0) is 55.7 Å². The van der Waals surface area contributed by atoms with E-state index in [0.717, 1.165) is 47.8 Å². The molecular formula is C26H31N3O3. The lowest BCUT2D eigenvalue weighted by molar-refractivity contribution is 0.0956. The lowest BCUT2D eigenvalue weighted by Gasteiger charge is -2.12. The number of nitrogens with one attached hydrogen (secondary N) is 1. The quantitative estimate of drug-likeness (QED) is 0.245. The topological polar surface area (TPSA) is 72.8 Å². The predicted molar refractivity (Wildman–Crippen MR) is 129 cm³/mol. The Hall–Kier alpha value is -3.41. The van der Waals surface area contributed by atoms with Crippen molar-refractivity contribution in [1.29, 1.82) is 0 Å². The summed E-state index contributed by atoms with van der Waals surface area (Å²) in [4.78, 5) is 17.5. The standard InChI is InChI=1S/C26H31N3O3/c1-4-7-15-32-24-14-13-19(16-25(24)31-6-3)18-27-29-26(30)22-17-20(10-5-2)28-23-12-9-8-11-21(22)23/h8-9,11-14,16-18H,4-7,10,15H2,1-3H3,(H,29,30)/b27-18+. The molecule has 0 fully saturated rings. The number of aryl methyl sites for hydroxylation is 1. The minimum Gasteiger partial charge on any atom is -0.490 e. The Morgan fingerprint density at radius 1 is 1.03 bits per heavy atom. The van der Waals surface area contributed by atoms with Gasteiger partial charge in [0.25, 0.3) is 5.91 Å². The molecule has 0 atom stereocenters. The molecule has 6 heteroatoms. The number of carbonyl (C=O) groups excluding carboxylic acids is 1. The molecule has 0 unspecified atom stereocenters. The zero-order valence-corrected chi connectivity index (χ0v) is 19.1. The number of para-hydroxylation sites is 1. The van der Waals surface area contributed by atoms with Crippen LogP contribution in [0.25, 0.3) is 10.9 Å². The molecular weight excluding hydrogens is 402 g/mol. The molecule has 32 heavy (non-hydrogen) atoms. The smallest absolute Gasteiger partial charge is 0.272 e. The Morgan fingerprint density at radius 3 is 2.66 bits per heavy atom. The van der Waals surface area contributed by atoms with E-state index in [0.29, 0.717) is 30.3 Å². The van der Waals surface area contributed by atoms with Crippen molar-refractivity contribution in [3.63, 3.8) is 0 Å². The monoisotopic (exact) mass is 433 g/mol. The summed E-state index contributed by atoms with van der Waals surface area (Å²) < 4.78 is 11.5. The summed E-state index contributed by atoms with van der Waals surface area (Å²) >= 11 is 0. The highest BCUT2D eigenvalue weighted by molar-refractivity contribution is 6.06. The number of fused-ring (bicyclic) bond motifs is 1. The van der Waals surface area contributed by atoms with Crippen LogP contribution >= 0.6 is 0 Å². The molecule has 0 spiro atoms. The van der Waals surface area contributed by atoms with E-state index in [9.17, 15) is 4.79 Å².